The summed E-state index contributed by atoms with van der Waals surface area (Å²) >= 11 is 1.57. The second-order valence-electron chi connectivity index (χ2n) is 7.09. The van der Waals surface area contributed by atoms with Crippen molar-refractivity contribution >= 4 is 21.5 Å². The lowest BCUT2D eigenvalue weighted by Gasteiger charge is -2.08. The van der Waals surface area contributed by atoms with Gasteiger partial charge in [0.15, 0.2) is 0 Å². The zero-order valence-corrected chi connectivity index (χ0v) is 19.1. The van der Waals surface area contributed by atoms with Crippen LogP contribution in [-0.2, 0) is 14.3 Å². The van der Waals surface area contributed by atoms with Crippen molar-refractivity contribution in [3.05, 3.63) is 77.4 Å². The van der Waals surface area contributed by atoms with E-state index in [9.17, 15) is 8.42 Å². The zero-order valence-electron chi connectivity index (χ0n) is 17.5. The molecule has 0 bridgehead atoms. The maximum atomic E-state index is 12.4. The van der Waals surface area contributed by atoms with Gasteiger partial charge in [-0.05, 0) is 50.1 Å². The minimum absolute atomic E-state index is 0.0934. The van der Waals surface area contributed by atoms with Crippen LogP contribution in [0.2, 0.25) is 0 Å². The number of benzene rings is 2. The average molecular weight is 451 g/mol. The smallest absolute Gasteiger partial charge is 0.267 e. The Hall–Kier alpha value is -2.87. The lowest BCUT2D eigenvalue weighted by molar-refractivity contribution is 0.338. The molecular weight excluding hydrogens is 428 g/mol. The van der Waals surface area contributed by atoms with Gasteiger partial charge in [0.2, 0.25) is 0 Å². The SMILES string of the molecule is CCOS(=O)(=O)c1ccc(C)c(-c2nc(-c3cncc(-c4ccccc4)c3)sc2C)c1. The molecule has 0 fully saturated rings. The van der Waals surface area contributed by atoms with Gasteiger partial charge in [0, 0.05) is 34.0 Å². The average Bonchev–Trinajstić information content (AvgIpc) is 3.16. The molecule has 4 rings (SSSR count). The summed E-state index contributed by atoms with van der Waals surface area (Å²) in [5.74, 6) is 0. The van der Waals surface area contributed by atoms with Crippen molar-refractivity contribution in [2.45, 2.75) is 25.7 Å². The number of pyridine rings is 1. The molecule has 0 N–H and O–H groups in total. The molecule has 31 heavy (non-hydrogen) atoms. The van der Waals surface area contributed by atoms with Crippen LogP contribution < -0.4 is 0 Å². The van der Waals surface area contributed by atoms with E-state index in [0.717, 1.165) is 43.4 Å². The van der Waals surface area contributed by atoms with Crippen molar-refractivity contribution < 1.29 is 12.6 Å². The first-order chi connectivity index (χ1) is 14.9. The highest BCUT2D eigenvalue weighted by Gasteiger charge is 2.19. The Labute approximate surface area is 186 Å². The first kappa shape index (κ1) is 21.4. The van der Waals surface area contributed by atoms with Crippen molar-refractivity contribution in [2.75, 3.05) is 6.61 Å². The van der Waals surface area contributed by atoms with Crippen molar-refractivity contribution in [1.82, 2.24) is 9.97 Å². The van der Waals surface area contributed by atoms with Gasteiger partial charge in [-0.25, -0.2) is 4.98 Å². The minimum atomic E-state index is -3.79. The molecule has 158 valence electrons. The summed E-state index contributed by atoms with van der Waals surface area (Å²) in [4.78, 5) is 10.4. The van der Waals surface area contributed by atoms with Crippen LogP contribution in [0.5, 0.6) is 0 Å². The van der Waals surface area contributed by atoms with Crippen LogP contribution >= 0.6 is 11.3 Å². The predicted molar refractivity (Wildman–Crippen MR) is 125 cm³/mol. The summed E-state index contributed by atoms with van der Waals surface area (Å²) in [5, 5.41) is 0.843. The molecule has 0 aliphatic carbocycles. The van der Waals surface area contributed by atoms with Gasteiger partial charge in [-0.3, -0.25) is 9.17 Å². The molecular formula is C24H22N2O3S2. The largest absolute Gasteiger partial charge is 0.296 e. The number of rotatable bonds is 6. The highest BCUT2D eigenvalue weighted by Crippen LogP contribution is 2.36. The van der Waals surface area contributed by atoms with Crippen LogP contribution in [0.4, 0.5) is 0 Å². The van der Waals surface area contributed by atoms with E-state index < -0.39 is 10.1 Å². The summed E-state index contributed by atoms with van der Waals surface area (Å²) in [5.41, 5.74) is 5.55. The summed E-state index contributed by atoms with van der Waals surface area (Å²) in [6.45, 7) is 5.69. The third kappa shape index (κ3) is 4.44. The fraction of sp³-hybridized carbons (Fsp3) is 0.167. The molecule has 5 nitrogen and oxygen atoms in total. The first-order valence-corrected chi connectivity index (χ1v) is 12.1. The molecule has 0 atom stereocenters. The van der Waals surface area contributed by atoms with Gasteiger partial charge in [0.05, 0.1) is 17.2 Å². The van der Waals surface area contributed by atoms with Gasteiger partial charge in [0.1, 0.15) is 5.01 Å². The highest BCUT2D eigenvalue weighted by atomic mass is 32.2. The second-order valence-corrected chi connectivity index (χ2v) is 9.91. The summed E-state index contributed by atoms with van der Waals surface area (Å²) in [6, 6.07) is 17.2. The molecule has 0 saturated heterocycles. The molecule has 0 amide bonds. The summed E-state index contributed by atoms with van der Waals surface area (Å²) in [6.07, 6.45) is 3.64. The van der Waals surface area contributed by atoms with Crippen molar-refractivity contribution in [2.24, 2.45) is 0 Å². The number of aromatic nitrogens is 2. The number of aryl methyl sites for hydroxylation is 2. The second kappa shape index (κ2) is 8.70. The van der Waals surface area contributed by atoms with E-state index in [2.05, 4.69) is 11.1 Å². The third-order valence-corrected chi connectivity index (χ3v) is 7.31. The van der Waals surface area contributed by atoms with Crippen molar-refractivity contribution in [3.8, 4) is 33.0 Å². The molecule has 2 aromatic heterocycles. The highest BCUT2D eigenvalue weighted by molar-refractivity contribution is 7.86. The predicted octanol–water partition coefficient (Wildman–Crippen LogP) is 5.88. The summed E-state index contributed by atoms with van der Waals surface area (Å²) in [7, 11) is -3.79. The monoisotopic (exact) mass is 450 g/mol. The van der Waals surface area contributed by atoms with Crippen molar-refractivity contribution in [3.63, 3.8) is 0 Å². The molecule has 2 aromatic carbocycles. The van der Waals surface area contributed by atoms with Crippen LogP contribution in [0.25, 0.3) is 33.0 Å². The van der Waals surface area contributed by atoms with Gasteiger partial charge in [-0.2, -0.15) is 8.42 Å². The standard InChI is InChI=1S/C24H22N2O3S2/c1-4-29-31(27,28)21-11-10-16(2)22(13-21)23-17(3)30-24(26-23)20-12-19(14-25-15-20)18-8-6-5-7-9-18/h5-15H,4H2,1-3H3. The number of hydrogen-bond acceptors (Lipinski definition) is 6. The van der Waals surface area contributed by atoms with Gasteiger partial charge in [-0.1, -0.05) is 36.4 Å². The van der Waals surface area contributed by atoms with Gasteiger partial charge in [-0.15, -0.1) is 11.3 Å². The van der Waals surface area contributed by atoms with E-state index in [1.165, 1.54) is 0 Å². The molecule has 0 radical (unpaired) electrons. The minimum Gasteiger partial charge on any atom is -0.267 e. The number of hydrogen-bond donors (Lipinski definition) is 0. The Balaban J connectivity index is 1.76. The molecule has 0 saturated carbocycles. The fourth-order valence-electron chi connectivity index (χ4n) is 3.35. The molecule has 0 aliphatic rings. The Morgan fingerprint density at radius 3 is 2.42 bits per heavy atom. The van der Waals surface area contributed by atoms with E-state index in [1.807, 2.05) is 50.4 Å². The molecule has 0 spiro atoms. The molecule has 0 aliphatic heterocycles. The Morgan fingerprint density at radius 1 is 0.935 bits per heavy atom. The normalized spacial score (nSPS) is 11.6. The van der Waals surface area contributed by atoms with Gasteiger partial charge < -0.3 is 0 Å². The quantitative estimate of drug-likeness (QED) is 0.343. The van der Waals surface area contributed by atoms with Gasteiger partial charge >= 0.3 is 0 Å². The zero-order chi connectivity index (χ0) is 22.0. The van der Waals surface area contributed by atoms with E-state index >= 15 is 0 Å². The maximum absolute atomic E-state index is 12.4. The lowest BCUT2D eigenvalue weighted by Crippen LogP contribution is -2.06. The van der Waals surface area contributed by atoms with E-state index in [-0.39, 0.29) is 11.5 Å². The first-order valence-electron chi connectivity index (χ1n) is 9.88. The van der Waals surface area contributed by atoms with Gasteiger partial charge in [0.25, 0.3) is 10.1 Å². The van der Waals surface area contributed by atoms with Crippen LogP contribution in [0.15, 0.2) is 71.9 Å². The molecule has 2 heterocycles. The maximum Gasteiger partial charge on any atom is 0.296 e. The third-order valence-electron chi connectivity index (χ3n) is 4.91. The molecule has 0 unspecified atom stereocenters. The topological polar surface area (TPSA) is 69.2 Å². The van der Waals surface area contributed by atoms with Crippen LogP contribution in [0.3, 0.4) is 0 Å². The Morgan fingerprint density at radius 2 is 1.68 bits per heavy atom. The Bertz CT molecular complexity index is 1330. The van der Waals surface area contributed by atoms with Crippen molar-refractivity contribution in [1.29, 1.82) is 0 Å². The number of thiazole rings is 1. The van der Waals surface area contributed by atoms with Crippen LogP contribution in [0, 0.1) is 13.8 Å². The van der Waals surface area contributed by atoms with E-state index in [4.69, 9.17) is 9.17 Å². The number of nitrogens with zero attached hydrogens (tertiary/aromatic N) is 2. The van der Waals surface area contributed by atoms with Crippen LogP contribution in [-0.4, -0.2) is 25.0 Å². The van der Waals surface area contributed by atoms with Crippen LogP contribution in [0.1, 0.15) is 17.4 Å². The molecule has 7 heteroatoms. The van der Waals surface area contributed by atoms with E-state index in [1.54, 1.807) is 42.7 Å². The Kier molecular flexibility index (Phi) is 6.00. The summed E-state index contributed by atoms with van der Waals surface area (Å²) < 4.78 is 29.7. The fourth-order valence-corrected chi connectivity index (χ4v) is 5.20. The van der Waals surface area contributed by atoms with E-state index in [0.29, 0.717) is 0 Å². The lowest BCUT2D eigenvalue weighted by atomic mass is 10.0. The molecule has 4 aromatic rings.